The minimum Gasteiger partial charge on any atom is -0.354 e. The van der Waals surface area contributed by atoms with E-state index < -0.39 is 0 Å². The first-order valence-corrected chi connectivity index (χ1v) is 18.7. The molecule has 55 heavy (non-hydrogen) atoms. The summed E-state index contributed by atoms with van der Waals surface area (Å²) in [7, 11) is 0. The minimum absolute atomic E-state index is 0.618. The highest BCUT2D eigenvalue weighted by Gasteiger charge is 2.32. The van der Waals surface area contributed by atoms with Crippen molar-refractivity contribution in [2.24, 2.45) is 0 Å². The van der Waals surface area contributed by atoms with Crippen molar-refractivity contribution in [1.29, 1.82) is 0 Å². The number of nitrogens with one attached hydrogen (secondary N) is 1. The van der Waals surface area contributed by atoms with Gasteiger partial charge in [-0.2, -0.15) is 0 Å². The van der Waals surface area contributed by atoms with E-state index in [4.69, 9.17) is 15.0 Å². The van der Waals surface area contributed by atoms with Gasteiger partial charge in [-0.15, -0.1) is 0 Å². The second-order valence-electron chi connectivity index (χ2n) is 14.4. The molecule has 1 N–H and O–H groups in total. The molecular weight excluding hydrogens is 669 g/mol. The molecule has 254 valence electrons. The molecular formula is C51H30N4. The van der Waals surface area contributed by atoms with Gasteiger partial charge in [0.15, 0.2) is 17.5 Å². The largest absolute Gasteiger partial charge is 0.354 e. The summed E-state index contributed by atoms with van der Waals surface area (Å²) in [5, 5.41) is 12.0. The van der Waals surface area contributed by atoms with Crippen molar-refractivity contribution in [2.45, 2.75) is 0 Å². The molecule has 0 amide bonds. The second kappa shape index (κ2) is 11.5. The first-order chi connectivity index (χ1) is 27.3. The topological polar surface area (TPSA) is 54.5 Å². The van der Waals surface area contributed by atoms with E-state index in [2.05, 4.69) is 163 Å². The lowest BCUT2D eigenvalue weighted by atomic mass is 9.92. The van der Waals surface area contributed by atoms with Gasteiger partial charge in [-0.1, -0.05) is 158 Å². The van der Waals surface area contributed by atoms with Crippen LogP contribution in [0.4, 0.5) is 0 Å². The Balaban J connectivity index is 1.22. The lowest BCUT2D eigenvalue weighted by molar-refractivity contribution is 1.05. The highest BCUT2D eigenvalue weighted by molar-refractivity contribution is 6.32. The molecule has 0 bridgehead atoms. The molecule has 0 atom stereocenters. The van der Waals surface area contributed by atoms with E-state index >= 15 is 0 Å². The molecule has 1 aliphatic carbocycles. The number of hydrogen-bond donors (Lipinski definition) is 1. The summed E-state index contributed by atoms with van der Waals surface area (Å²) in [4.78, 5) is 19.5. The molecule has 0 aliphatic heterocycles. The van der Waals surface area contributed by atoms with Crippen molar-refractivity contribution in [3.05, 3.63) is 187 Å². The van der Waals surface area contributed by atoms with Crippen LogP contribution in [0.3, 0.4) is 0 Å². The summed E-state index contributed by atoms with van der Waals surface area (Å²) >= 11 is 0. The van der Waals surface area contributed by atoms with Gasteiger partial charge in [-0.05, 0) is 78.2 Å². The van der Waals surface area contributed by atoms with Crippen LogP contribution < -0.4 is 0 Å². The summed E-state index contributed by atoms with van der Waals surface area (Å²) in [6.45, 7) is 0. The second-order valence-corrected chi connectivity index (χ2v) is 14.4. The highest BCUT2D eigenvalue weighted by atomic mass is 15.0. The summed E-state index contributed by atoms with van der Waals surface area (Å²) in [5.74, 6) is 1.91. The van der Waals surface area contributed by atoms with Crippen LogP contribution in [0.2, 0.25) is 0 Å². The molecule has 0 saturated heterocycles. The number of nitrogens with zero attached hydrogens (tertiary/aromatic N) is 3. The molecule has 1 aliphatic rings. The van der Waals surface area contributed by atoms with Crippen LogP contribution in [-0.4, -0.2) is 19.9 Å². The molecule has 0 spiro atoms. The van der Waals surface area contributed by atoms with Gasteiger partial charge in [0.05, 0.1) is 5.52 Å². The maximum Gasteiger partial charge on any atom is 0.164 e. The minimum atomic E-state index is 0.618. The first kappa shape index (κ1) is 30.1. The predicted molar refractivity (Wildman–Crippen MR) is 229 cm³/mol. The molecule has 0 fully saturated rings. The third-order valence-corrected chi connectivity index (χ3v) is 11.4. The monoisotopic (exact) mass is 698 g/mol. The molecule has 4 heteroatoms. The smallest absolute Gasteiger partial charge is 0.164 e. The van der Waals surface area contributed by atoms with Crippen molar-refractivity contribution < 1.29 is 0 Å². The zero-order chi connectivity index (χ0) is 36.0. The van der Waals surface area contributed by atoms with Gasteiger partial charge in [-0.25, -0.2) is 15.0 Å². The fraction of sp³-hybridized carbons (Fsp3) is 0. The van der Waals surface area contributed by atoms with Crippen LogP contribution in [-0.2, 0) is 0 Å². The van der Waals surface area contributed by atoms with Crippen molar-refractivity contribution >= 4 is 76.5 Å². The van der Waals surface area contributed by atoms with Gasteiger partial charge in [0.25, 0.3) is 0 Å². The SMILES string of the molecule is C(=C1/c2c(ccc3ccccc23)-c2c1c1ccccc1c1[nH]c3cc4ccccc4cc3c21)/c1nc(-c2ccccc2)nc(-c2cccc3ccccc23)n1. The highest BCUT2D eigenvalue weighted by Crippen LogP contribution is 2.55. The van der Waals surface area contributed by atoms with E-state index in [9.17, 15) is 0 Å². The average Bonchev–Trinajstić information content (AvgIpc) is 3.78. The Morgan fingerprint density at radius 3 is 1.85 bits per heavy atom. The molecule has 0 unspecified atom stereocenters. The van der Waals surface area contributed by atoms with Crippen LogP contribution in [0.1, 0.15) is 17.0 Å². The third kappa shape index (κ3) is 4.49. The number of rotatable bonds is 3. The Labute approximate surface area is 316 Å². The molecule has 4 nitrogen and oxygen atoms in total. The maximum atomic E-state index is 5.28. The summed E-state index contributed by atoms with van der Waals surface area (Å²) in [6, 6.07) is 60.4. The predicted octanol–water partition coefficient (Wildman–Crippen LogP) is 13.0. The number of benzene rings is 9. The maximum absolute atomic E-state index is 5.28. The molecule has 9 aromatic carbocycles. The van der Waals surface area contributed by atoms with Gasteiger partial charge in [0, 0.05) is 38.4 Å². The Kier molecular flexibility index (Phi) is 6.31. The van der Waals surface area contributed by atoms with Crippen LogP contribution in [0.15, 0.2) is 170 Å². The summed E-state index contributed by atoms with van der Waals surface area (Å²) < 4.78 is 0. The number of aromatic nitrogens is 4. The van der Waals surface area contributed by atoms with E-state index in [0.29, 0.717) is 17.5 Å². The number of hydrogen-bond acceptors (Lipinski definition) is 3. The molecule has 2 aromatic heterocycles. The van der Waals surface area contributed by atoms with Crippen LogP contribution in [0.25, 0.3) is 110 Å². The van der Waals surface area contributed by atoms with E-state index in [1.807, 2.05) is 18.2 Å². The zero-order valence-electron chi connectivity index (χ0n) is 29.6. The quantitative estimate of drug-likeness (QED) is 0.200. The van der Waals surface area contributed by atoms with E-state index in [1.165, 1.54) is 65.3 Å². The molecule has 0 radical (unpaired) electrons. The lowest BCUT2D eigenvalue weighted by Crippen LogP contribution is -2.01. The summed E-state index contributed by atoms with van der Waals surface area (Å²) in [5.41, 5.74) is 10.2. The Morgan fingerprint density at radius 1 is 0.400 bits per heavy atom. The molecule has 2 heterocycles. The zero-order valence-corrected chi connectivity index (χ0v) is 29.6. The average molecular weight is 699 g/mol. The Bertz CT molecular complexity index is 3420. The fourth-order valence-corrected chi connectivity index (χ4v) is 8.95. The van der Waals surface area contributed by atoms with Gasteiger partial charge in [-0.3, -0.25) is 0 Å². The third-order valence-electron chi connectivity index (χ3n) is 11.4. The first-order valence-electron chi connectivity index (χ1n) is 18.7. The number of fused-ring (bicyclic) bond motifs is 14. The van der Waals surface area contributed by atoms with Gasteiger partial charge < -0.3 is 4.98 Å². The van der Waals surface area contributed by atoms with Crippen LogP contribution in [0.5, 0.6) is 0 Å². The summed E-state index contributed by atoms with van der Waals surface area (Å²) in [6.07, 6.45) is 2.21. The van der Waals surface area contributed by atoms with E-state index in [-0.39, 0.29) is 0 Å². The van der Waals surface area contributed by atoms with Crippen molar-refractivity contribution in [3.63, 3.8) is 0 Å². The molecule has 0 saturated carbocycles. The van der Waals surface area contributed by atoms with Crippen molar-refractivity contribution in [1.82, 2.24) is 19.9 Å². The fourth-order valence-electron chi connectivity index (χ4n) is 8.95. The van der Waals surface area contributed by atoms with E-state index in [1.54, 1.807) is 0 Å². The van der Waals surface area contributed by atoms with Crippen molar-refractivity contribution in [2.75, 3.05) is 0 Å². The van der Waals surface area contributed by atoms with Gasteiger partial charge in [0.1, 0.15) is 0 Å². The van der Waals surface area contributed by atoms with Gasteiger partial charge in [0.2, 0.25) is 0 Å². The van der Waals surface area contributed by atoms with Crippen molar-refractivity contribution in [3.8, 4) is 33.9 Å². The standard InChI is InChI=1S/C51H30N4/c1-2-15-32(16-3-1)50-53-44(54-51(55-50)39-24-12-19-30-13-6-8-20-35(30)39)29-42-45-36-21-9-7-14-31(36)25-26-40(45)47-46(42)37-22-10-11-23-38(37)49-48(47)41-27-33-17-4-5-18-34(33)28-43(41)52-49/h1-29,52H/b42-29+. The number of aromatic amines is 1. The lowest BCUT2D eigenvalue weighted by Gasteiger charge is -2.12. The number of H-pyrrole nitrogens is 1. The normalized spacial score (nSPS) is 13.1. The van der Waals surface area contributed by atoms with Crippen LogP contribution in [0, 0.1) is 0 Å². The van der Waals surface area contributed by atoms with E-state index in [0.717, 1.165) is 38.5 Å². The molecule has 12 rings (SSSR count). The van der Waals surface area contributed by atoms with Crippen LogP contribution >= 0.6 is 0 Å². The Morgan fingerprint density at radius 2 is 1.04 bits per heavy atom. The molecule has 11 aromatic rings. The van der Waals surface area contributed by atoms with Gasteiger partial charge >= 0.3 is 0 Å². The Hall–Kier alpha value is -7.43.